The lowest BCUT2D eigenvalue weighted by Gasteiger charge is -2.13. The van der Waals surface area contributed by atoms with Crippen molar-refractivity contribution in [3.63, 3.8) is 0 Å². The third-order valence-electron chi connectivity index (χ3n) is 2.29. The minimum absolute atomic E-state index is 0.479. The van der Waals surface area contributed by atoms with Gasteiger partial charge in [0, 0.05) is 10.6 Å². The van der Waals surface area contributed by atoms with Gasteiger partial charge in [0.25, 0.3) is 0 Å². The molecule has 2 heteroatoms. The third-order valence-corrected chi connectivity index (χ3v) is 2.68. The third kappa shape index (κ3) is 2.42. The molecule has 0 spiro atoms. The monoisotopic (exact) mass is 212 g/mol. The number of hydrogen-bond donors (Lipinski definition) is 0. The second kappa shape index (κ2) is 4.70. The van der Waals surface area contributed by atoms with Crippen LogP contribution < -0.4 is 4.74 Å². The molecule has 1 nitrogen and oxygen atoms in total. The summed E-state index contributed by atoms with van der Waals surface area (Å²) in [6.45, 7) is 8.94. The summed E-state index contributed by atoms with van der Waals surface area (Å²) in [4.78, 5) is 0. The predicted molar refractivity (Wildman–Crippen MR) is 61.4 cm³/mol. The molecule has 78 valence electrons. The molecule has 0 N–H and O–H groups in total. The number of halogens is 1. The highest BCUT2D eigenvalue weighted by Crippen LogP contribution is 2.30. The average molecular weight is 213 g/mol. The van der Waals surface area contributed by atoms with E-state index in [0.717, 1.165) is 16.3 Å². The standard InChI is InChI=1S/C12H17ClO/c1-5-14-12-7-10(8(2)3)6-11(13)9(12)4/h6-8H,5H2,1-4H3. The van der Waals surface area contributed by atoms with Crippen molar-refractivity contribution in [2.75, 3.05) is 6.61 Å². The first kappa shape index (κ1) is 11.4. The van der Waals surface area contributed by atoms with Gasteiger partial charge in [0.05, 0.1) is 6.61 Å². The summed E-state index contributed by atoms with van der Waals surface area (Å²) in [6.07, 6.45) is 0. The number of hydrogen-bond acceptors (Lipinski definition) is 1. The van der Waals surface area contributed by atoms with E-state index in [0.29, 0.717) is 12.5 Å². The van der Waals surface area contributed by atoms with Gasteiger partial charge in [0.1, 0.15) is 5.75 Å². The van der Waals surface area contributed by atoms with Crippen molar-refractivity contribution in [2.45, 2.75) is 33.6 Å². The Morgan fingerprint density at radius 3 is 2.50 bits per heavy atom. The Kier molecular flexibility index (Phi) is 3.82. The molecule has 0 aliphatic heterocycles. The fraction of sp³-hybridized carbons (Fsp3) is 0.500. The van der Waals surface area contributed by atoms with E-state index >= 15 is 0 Å². The van der Waals surface area contributed by atoms with Crippen LogP contribution in [0.4, 0.5) is 0 Å². The Balaban J connectivity index is 3.14. The van der Waals surface area contributed by atoms with Crippen LogP contribution in [0.3, 0.4) is 0 Å². The molecule has 1 aromatic rings. The van der Waals surface area contributed by atoms with E-state index in [1.807, 2.05) is 19.9 Å². The molecule has 0 saturated heterocycles. The molecule has 0 amide bonds. The fourth-order valence-corrected chi connectivity index (χ4v) is 1.53. The molecule has 0 unspecified atom stereocenters. The first-order chi connectivity index (χ1) is 6.56. The van der Waals surface area contributed by atoms with Crippen molar-refractivity contribution in [3.8, 4) is 5.75 Å². The van der Waals surface area contributed by atoms with Crippen LogP contribution in [0.5, 0.6) is 5.75 Å². The first-order valence-corrected chi connectivity index (χ1v) is 5.36. The van der Waals surface area contributed by atoms with Crippen molar-refractivity contribution in [2.24, 2.45) is 0 Å². The van der Waals surface area contributed by atoms with Crippen LogP contribution >= 0.6 is 11.6 Å². The smallest absolute Gasteiger partial charge is 0.123 e. The van der Waals surface area contributed by atoms with Crippen LogP contribution in [0.25, 0.3) is 0 Å². The van der Waals surface area contributed by atoms with Crippen molar-refractivity contribution in [1.82, 2.24) is 0 Å². The number of benzene rings is 1. The van der Waals surface area contributed by atoms with Crippen LogP contribution in [0, 0.1) is 6.92 Å². The van der Waals surface area contributed by atoms with Gasteiger partial charge in [-0.05, 0) is 37.5 Å². The van der Waals surface area contributed by atoms with Gasteiger partial charge in [-0.3, -0.25) is 0 Å². The van der Waals surface area contributed by atoms with Gasteiger partial charge < -0.3 is 4.74 Å². The molecular formula is C12H17ClO. The molecule has 0 heterocycles. The Bertz CT molecular complexity index is 318. The molecule has 0 radical (unpaired) electrons. The highest BCUT2D eigenvalue weighted by molar-refractivity contribution is 6.31. The molecule has 0 aliphatic carbocycles. The van der Waals surface area contributed by atoms with Crippen molar-refractivity contribution < 1.29 is 4.74 Å². The van der Waals surface area contributed by atoms with E-state index in [1.54, 1.807) is 0 Å². The zero-order valence-corrected chi connectivity index (χ0v) is 9.98. The summed E-state index contributed by atoms with van der Waals surface area (Å²) in [5, 5.41) is 0.791. The van der Waals surface area contributed by atoms with Crippen molar-refractivity contribution in [3.05, 3.63) is 28.3 Å². The molecule has 1 aromatic carbocycles. The van der Waals surface area contributed by atoms with Gasteiger partial charge in [-0.1, -0.05) is 25.4 Å². The first-order valence-electron chi connectivity index (χ1n) is 4.99. The van der Waals surface area contributed by atoms with Crippen LogP contribution in [0.2, 0.25) is 5.02 Å². The van der Waals surface area contributed by atoms with Crippen molar-refractivity contribution >= 4 is 11.6 Å². The second-order valence-electron chi connectivity index (χ2n) is 3.71. The van der Waals surface area contributed by atoms with E-state index in [1.165, 1.54) is 5.56 Å². The lowest BCUT2D eigenvalue weighted by molar-refractivity contribution is 0.337. The van der Waals surface area contributed by atoms with Crippen molar-refractivity contribution in [1.29, 1.82) is 0 Å². The van der Waals surface area contributed by atoms with Gasteiger partial charge >= 0.3 is 0 Å². The summed E-state index contributed by atoms with van der Waals surface area (Å²) < 4.78 is 5.52. The zero-order chi connectivity index (χ0) is 10.7. The zero-order valence-electron chi connectivity index (χ0n) is 9.23. The van der Waals surface area contributed by atoms with Crippen LogP contribution in [0.15, 0.2) is 12.1 Å². The molecular weight excluding hydrogens is 196 g/mol. The average Bonchev–Trinajstić information content (AvgIpc) is 2.12. The lowest BCUT2D eigenvalue weighted by Crippen LogP contribution is -1.97. The van der Waals surface area contributed by atoms with E-state index in [-0.39, 0.29) is 0 Å². The normalized spacial score (nSPS) is 10.7. The maximum absolute atomic E-state index is 6.12. The molecule has 0 aromatic heterocycles. The molecule has 0 bridgehead atoms. The van der Waals surface area contributed by atoms with Gasteiger partial charge in [0.15, 0.2) is 0 Å². The Hall–Kier alpha value is -0.690. The van der Waals surface area contributed by atoms with E-state index in [2.05, 4.69) is 19.9 Å². The molecule has 0 aliphatic rings. The largest absolute Gasteiger partial charge is 0.494 e. The topological polar surface area (TPSA) is 9.23 Å². The minimum Gasteiger partial charge on any atom is -0.494 e. The van der Waals surface area contributed by atoms with Gasteiger partial charge in [0.2, 0.25) is 0 Å². The minimum atomic E-state index is 0.479. The molecule has 0 fully saturated rings. The number of ether oxygens (including phenoxy) is 1. The summed E-state index contributed by atoms with van der Waals surface area (Å²) in [7, 11) is 0. The van der Waals surface area contributed by atoms with E-state index in [9.17, 15) is 0 Å². The second-order valence-corrected chi connectivity index (χ2v) is 4.12. The van der Waals surface area contributed by atoms with Gasteiger partial charge in [-0.2, -0.15) is 0 Å². The highest BCUT2D eigenvalue weighted by atomic mass is 35.5. The van der Waals surface area contributed by atoms with Gasteiger partial charge in [-0.15, -0.1) is 0 Å². The van der Waals surface area contributed by atoms with Crippen LogP contribution in [0.1, 0.15) is 37.8 Å². The summed E-state index contributed by atoms with van der Waals surface area (Å²) in [5.41, 5.74) is 2.25. The predicted octanol–water partition coefficient (Wildman–Crippen LogP) is 4.17. The maximum Gasteiger partial charge on any atom is 0.123 e. The Labute approximate surface area is 91.0 Å². The highest BCUT2D eigenvalue weighted by Gasteiger charge is 2.08. The van der Waals surface area contributed by atoms with E-state index < -0.39 is 0 Å². The van der Waals surface area contributed by atoms with Crippen LogP contribution in [-0.4, -0.2) is 6.61 Å². The summed E-state index contributed by atoms with van der Waals surface area (Å²) in [6, 6.07) is 4.10. The summed E-state index contributed by atoms with van der Waals surface area (Å²) >= 11 is 6.12. The Morgan fingerprint density at radius 2 is 2.00 bits per heavy atom. The fourth-order valence-electron chi connectivity index (χ4n) is 1.31. The lowest BCUT2D eigenvalue weighted by atomic mass is 10.0. The quantitative estimate of drug-likeness (QED) is 0.731. The maximum atomic E-state index is 6.12. The molecule has 0 atom stereocenters. The molecule has 1 rings (SSSR count). The van der Waals surface area contributed by atoms with E-state index in [4.69, 9.17) is 16.3 Å². The summed E-state index contributed by atoms with van der Waals surface area (Å²) in [5.74, 6) is 1.39. The van der Waals surface area contributed by atoms with Gasteiger partial charge in [-0.25, -0.2) is 0 Å². The molecule has 14 heavy (non-hydrogen) atoms. The molecule has 0 saturated carbocycles. The number of rotatable bonds is 3. The SMILES string of the molecule is CCOc1cc(C(C)C)cc(Cl)c1C. The Morgan fingerprint density at radius 1 is 1.36 bits per heavy atom. The van der Waals surface area contributed by atoms with Crippen LogP contribution in [-0.2, 0) is 0 Å².